The molecule has 1 N–H and O–H groups in total. The number of fused-ring (bicyclic) bond motifs is 2. The average Bonchev–Trinajstić information content (AvgIpc) is 3.35. The van der Waals surface area contributed by atoms with Crippen LogP contribution < -0.4 is 10.1 Å². The van der Waals surface area contributed by atoms with Crippen LogP contribution in [0.25, 0.3) is 27.7 Å². The number of halogens is 5. The molecule has 2 saturated heterocycles. The van der Waals surface area contributed by atoms with Gasteiger partial charge in [0.25, 0.3) is 6.43 Å². The van der Waals surface area contributed by atoms with Crippen molar-refractivity contribution in [1.82, 2.24) is 29.0 Å². The number of benzene rings is 1. The lowest BCUT2D eigenvalue weighted by Gasteiger charge is -2.42. The van der Waals surface area contributed by atoms with Gasteiger partial charge in [-0.05, 0) is 31.0 Å². The molecule has 0 saturated carbocycles. The van der Waals surface area contributed by atoms with Crippen LogP contribution in [0.1, 0.15) is 12.2 Å². The Balaban J connectivity index is 1.36. The highest BCUT2D eigenvalue weighted by Gasteiger charge is 2.36. The lowest BCUT2D eigenvalue weighted by molar-refractivity contribution is -0.0794. The molecule has 3 aromatic heterocycles. The Labute approximate surface area is 219 Å². The number of alkyl halides is 3. The second-order valence-electron chi connectivity index (χ2n) is 9.82. The molecule has 0 bridgehead atoms. The summed E-state index contributed by atoms with van der Waals surface area (Å²) in [5.41, 5.74) is 0.128. The number of imidazole rings is 1. The summed E-state index contributed by atoms with van der Waals surface area (Å²) in [7, 11) is 1.34. The van der Waals surface area contributed by atoms with Crippen molar-refractivity contribution in [3.8, 4) is 17.0 Å². The quantitative estimate of drug-likeness (QED) is 0.350. The van der Waals surface area contributed by atoms with Gasteiger partial charge in [-0.25, -0.2) is 31.5 Å². The van der Waals surface area contributed by atoms with Crippen molar-refractivity contribution in [1.29, 1.82) is 0 Å². The molecule has 6 rings (SSSR count). The monoisotopic (exact) mass is 551 g/mol. The van der Waals surface area contributed by atoms with Crippen molar-refractivity contribution in [2.75, 3.05) is 38.7 Å². The van der Waals surface area contributed by atoms with Crippen LogP contribution in [0.3, 0.4) is 0 Å². The minimum atomic E-state index is -2.69. The Bertz CT molecular complexity index is 1540. The zero-order valence-electron chi connectivity index (χ0n) is 21.2. The maximum atomic E-state index is 15.4. The van der Waals surface area contributed by atoms with Gasteiger partial charge in [0.15, 0.2) is 11.6 Å². The molecule has 2 atom stereocenters. The normalized spacial score (nSPS) is 20.7. The maximum Gasteiger partial charge on any atom is 0.256 e. The molecule has 208 valence electrons. The molecule has 0 radical (unpaired) electrons. The van der Waals surface area contributed by atoms with E-state index in [1.807, 2.05) is 0 Å². The molecule has 0 unspecified atom stereocenters. The van der Waals surface area contributed by atoms with Gasteiger partial charge in [-0.1, -0.05) is 0 Å². The van der Waals surface area contributed by atoms with E-state index in [1.54, 1.807) is 0 Å². The number of rotatable bonds is 7. The number of methoxy groups -OCH3 is 1. The lowest BCUT2D eigenvalue weighted by atomic mass is 10.0. The van der Waals surface area contributed by atoms with Gasteiger partial charge in [-0.2, -0.15) is 4.98 Å². The fraction of sp³-hybridized carbons (Fsp3) is 0.480. The van der Waals surface area contributed by atoms with Crippen LogP contribution in [0.15, 0.2) is 18.3 Å². The summed E-state index contributed by atoms with van der Waals surface area (Å²) in [5, 5.41) is 7.31. The summed E-state index contributed by atoms with van der Waals surface area (Å²) >= 11 is 0. The molecule has 14 heteroatoms. The molecule has 0 spiro atoms. The van der Waals surface area contributed by atoms with Crippen molar-refractivity contribution in [3.63, 3.8) is 0 Å². The third-order valence-corrected chi connectivity index (χ3v) is 7.38. The minimum absolute atomic E-state index is 0.0244. The number of ether oxygens (including phenoxy) is 2. The molecule has 0 amide bonds. The molecule has 1 aromatic carbocycles. The fourth-order valence-electron chi connectivity index (χ4n) is 5.33. The SMILES string of the molecule is COc1nc(N[C@@H]2CCN(C3COC3)C[C@H]2F)nn2cc(F)c(-c3cc(F)c4nc(C)n(CC(F)F)c4c3)c12. The van der Waals surface area contributed by atoms with E-state index < -0.39 is 36.8 Å². The summed E-state index contributed by atoms with van der Waals surface area (Å²) in [6, 6.07) is 2.17. The van der Waals surface area contributed by atoms with E-state index in [2.05, 4.69) is 25.3 Å². The molecule has 2 aliphatic rings. The first-order valence-corrected chi connectivity index (χ1v) is 12.5. The Morgan fingerprint density at radius 2 is 1.97 bits per heavy atom. The van der Waals surface area contributed by atoms with E-state index in [-0.39, 0.29) is 57.9 Å². The first-order chi connectivity index (χ1) is 18.7. The smallest absolute Gasteiger partial charge is 0.256 e. The third-order valence-electron chi connectivity index (χ3n) is 7.38. The summed E-state index contributed by atoms with van der Waals surface area (Å²) < 4.78 is 84.7. The van der Waals surface area contributed by atoms with E-state index in [0.29, 0.717) is 26.2 Å². The molecular formula is C25H26F5N7O2. The van der Waals surface area contributed by atoms with Crippen LogP contribution >= 0.6 is 0 Å². The van der Waals surface area contributed by atoms with Crippen LogP contribution in [0.5, 0.6) is 5.88 Å². The highest BCUT2D eigenvalue weighted by Crippen LogP contribution is 2.37. The van der Waals surface area contributed by atoms with Gasteiger partial charge in [0.1, 0.15) is 23.0 Å². The Hall–Kier alpha value is -3.52. The van der Waals surface area contributed by atoms with Crippen molar-refractivity contribution in [2.45, 2.75) is 44.6 Å². The van der Waals surface area contributed by atoms with E-state index >= 15 is 8.78 Å². The van der Waals surface area contributed by atoms with Gasteiger partial charge in [-0.15, -0.1) is 5.10 Å². The van der Waals surface area contributed by atoms with E-state index in [1.165, 1.54) is 29.2 Å². The van der Waals surface area contributed by atoms with Gasteiger partial charge >= 0.3 is 0 Å². The largest absolute Gasteiger partial charge is 0.479 e. The second-order valence-corrected chi connectivity index (χ2v) is 9.82. The van der Waals surface area contributed by atoms with E-state index in [4.69, 9.17) is 9.47 Å². The predicted molar refractivity (Wildman–Crippen MR) is 132 cm³/mol. The third kappa shape index (κ3) is 4.54. The van der Waals surface area contributed by atoms with Crippen molar-refractivity contribution >= 4 is 22.5 Å². The van der Waals surface area contributed by atoms with Gasteiger partial charge in [-0.3, -0.25) is 4.90 Å². The highest BCUT2D eigenvalue weighted by molar-refractivity contribution is 5.90. The lowest BCUT2D eigenvalue weighted by Crippen LogP contribution is -2.57. The zero-order chi connectivity index (χ0) is 27.4. The Morgan fingerprint density at radius 3 is 2.64 bits per heavy atom. The van der Waals surface area contributed by atoms with E-state index in [0.717, 1.165) is 12.3 Å². The summed E-state index contributed by atoms with van der Waals surface area (Å²) in [4.78, 5) is 10.5. The molecule has 2 fully saturated rings. The first kappa shape index (κ1) is 25.7. The number of hydrogen-bond donors (Lipinski definition) is 1. The standard InChI is InChI=1S/C25H26F5N7O2/c1-12-31-22-15(26)5-13(6-19(22)36(12)9-20(29)30)21-17(28)8-37-23(21)24(38-2)33-25(34-37)32-18-3-4-35(7-16(18)27)14-10-39-11-14/h5-6,8,14,16,18,20H,3-4,7,9-11H2,1-2H3,(H,32,34)/t16-,18-/m1/s1. The molecule has 0 aliphatic carbocycles. The van der Waals surface area contributed by atoms with Crippen molar-refractivity contribution < 1.29 is 31.4 Å². The second kappa shape index (κ2) is 9.90. The fourth-order valence-corrected chi connectivity index (χ4v) is 5.33. The van der Waals surface area contributed by atoms with Gasteiger partial charge < -0.3 is 19.4 Å². The summed E-state index contributed by atoms with van der Waals surface area (Å²) in [5.74, 6) is -1.32. The Kier molecular flexibility index (Phi) is 6.53. The summed E-state index contributed by atoms with van der Waals surface area (Å²) in [6.07, 6.45) is -2.28. The number of nitrogens with one attached hydrogen (secondary N) is 1. The zero-order valence-corrected chi connectivity index (χ0v) is 21.2. The number of nitrogens with zero attached hydrogens (tertiary/aromatic N) is 6. The molecule has 5 heterocycles. The number of anilines is 1. The van der Waals surface area contributed by atoms with Gasteiger partial charge in [0, 0.05) is 13.1 Å². The topological polar surface area (TPSA) is 81.7 Å². The van der Waals surface area contributed by atoms with Gasteiger partial charge in [0.2, 0.25) is 11.8 Å². The summed E-state index contributed by atoms with van der Waals surface area (Å²) in [6.45, 7) is 2.96. The number of piperidine rings is 1. The molecule has 4 aromatic rings. The van der Waals surface area contributed by atoms with Crippen LogP contribution in [-0.2, 0) is 11.3 Å². The van der Waals surface area contributed by atoms with E-state index in [9.17, 15) is 13.2 Å². The average molecular weight is 552 g/mol. The van der Waals surface area contributed by atoms with Crippen molar-refractivity contribution in [3.05, 3.63) is 35.8 Å². The molecular weight excluding hydrogens is 525 g/mol. The predicted octanol–water partition coefficient (Wildman–Crippen LogP) is 3.83. The van der Waals surface area contributed by atoms with Crippen molar-refractivity contribution in [2.24, 2.45) is 0 Å². The van der Waals surface area contributed by atoms with Crippen LogP contribution in [-0.4, -0.2) is 87.1 Å². The number of aryl methyl sites for hydroxylation is 1. The number of aromatic nitrogens is 5. The minimum Gasteiger partial charge on any atom is -0.479 e. The Morgan fingerprint density at radius 1 is 1.18 bits per heavy atom. The number of hydrogen-bond acceptors (Lipinski definition) is 7. The number of likely N-dealkylation sites (tertiary alicyclic amines) is 1. The first-order valence-electron chi connectivity index (χ1n) is 12.5. The van der Waals surface area contributed by atoms with Crippen LogP contribution in [0, 0.1) is 18.6 Å². The molecule has 9 nitrogen and oxygen atoms in total. The van der Waals surface area contributed by atoms with Crippen LogP contribution in [0.4, 0.5) is 27.9 Å². The molecule has 2 aliphatic heterocycles. The van der Waals surface area contributed by atoms with Crippen LogP contribution in [0.2, 0.25) is 0 Å². The maximum absolute atomic E-state index is 15.4. The highest BCUT2D eigenvalue weighted by atomic mass is 19.3. The van der Waals surface area contributed by atoms with Gasteiger partial charge in [0.05, 0.1) is 56.2 Å². The molecule has 39 heavy (non-hydrogen) atoms.